The number of nitrogens with zero attached hydrogens (tertiary/aromatic N) is 2. The maximum atomic E-state index is 12.2. The predicted octanol–water partition coefficient (Wildman–Crippen LogP) is 3.64. The molecule has 0 fully saturated rings. The first kappa shape index (κ1) is 19.8. The Morgan fingerprint density at radius 1 is 1.21 bits per heavy atom. The molecule has 0 atom stereocenters. The lowest BCUT2D eigenvalue weighted by molar-refractivity contribution is -0.132. The minimum atomic E-state index is -0.104. The first-order valence-corrected chi connectivity index (χ1v) is 9.40. The number of carbonyl (C=O) groups is 1. The van der Waals surface area contributed by atoms with Gasteiger partial charge in [0, 0.05) is 13.1 Å². The van der Waals surface area contributed by atoms with Crippen LogP contribution in [0.2, 0.25) is 6.82 Å². The molecule has 28 heavy (non-hydrogen) atoms. The monoisotopic (exact) mass is 378 g/mol. The van der Waals surface area contributed by atoms with E-state index in [9.17, 15) is 4.79 Å². The lowest BCUT2D eigenvalue weighted by Gasteiger charge is -2.19. The number of carbonyl (C=O) groups excluding carboxylic acids is 1. The van der Waals surface area contributed by atoms with E-state index in [2.05, 4.69) is 4.85 Å². The summed E-state index contributed by atoms with van der Waals surface area (Å²) < 4.78 is 17.4. The van der Waals surface area contributed by atoms with Gasteiger partial charge in [-0.1, -0.05) is 19.0 Å². The number of hydrogen-bond donors (Lipinski definition) is 0. The third-order valence-electron chi connectivity index (χ3n) is 4.79. The van der Waals surface area contributed by atoms with Gasteiger partial charge < -0.3 is 19.0 Å². The van der Waals surface area contributed by atoms with Crippen molar-refractivity contribution < 1.29 is 18.9 Å². The van der Waals surface area contributed by atoms with Crippen LogP contribution in [0.1, 0.15) is 19.4 Å². The highest BCUT2D eigenvalue weighted by atomic mass is 16.5. The minimum Gasteiger partial charge on any atom is -0.481 e. The molecule has 2 aromatic carbocycles. The predicted molar refractivity (Wildman–Crippen MR) is 109 cm³/mol. The molecule has 0 N–H and O–H groups in total. The number of hydrogen-bond acceptors (Lipinski definition) is 4. The van der Waals surface area contributed by atoms with Gasteiger partial charge in [0.1, 0.15) is 5.75 Å². The number of rotatable bonds is 7. The summed E-state index contributed by atoms with van der Waals surface area (Å²) in [5, 5.41) is 0. The molecular formula is C21H23BN2O4. The molecule has 1 heterocycles. The fourth-order valence-corrected chi connectivity index (χ4v) is 3.17. The van der Waals surface area contributed by atoms with Crippen molar-refractivity contribution in [3.63, 3.8) is 0 Å². The summed E-state index contributed by atoms with van der Waals surface area (Å²) in [6, 6.07) is 10.8. The molecular weight excluding hydrogens is 355 g/mol. The molecule has 0 saturated heterocycles. The van der Waals surface area contributed by atoms with E-state index < -0.39 is 0 Å². The zero-order valence-corrected chi connectivity index (χ0v) is 16.4. The molecule has 0 bridgehead atoms. The van der Waals surface area contributed by atoms with Crippen LogP contribution in [0.5, 0.6) is 17.2 Å². The summed E-state index contributed by atoms with van der Waals surface area (Å²) in [6.45, 7) is 14.9. The summed E-state index contributed by atoms with van der Waals surface area (Å²) in [7, 11) is 0. The van der Waals surface area contributed by atoms with Crippen molar-refractivity contribution in [2.24, 2.45) is 0 Å². The molecule has 144 valence electrons. The fourth-order valence-electron chi connectivity index (χ4n) is 3.17. The van der Waals surface area contributed by atoms with Crippen LogP contribution in [-0.2, 0) is 16.1 Å². The van der Waals surface area contributed by atoms with Gasteiger partial charge in [0.15, 0.2) is 23.8 Å². The van der Waals surface area contributed by atoms with Crippen molar-refractivity contribution in [1.82, 2.24) is 4.90 Å². The van der Waals surface area contributed by atoms with Gasteiger partial charge in [-0.05, 0) is 49.1 Å². The Kier molecular flexibility index (Phi) is 6.22. The van der Waals surface area contributed by atoms with E-state index in [-0.39, 0.29) is 19.4 Å². The normalized spacial score (nSPS) is 12.3. The highest BCUT2D eigenvalue weighted by Crippen LogP contribution is 2.35. The Balaban J connectivity index is 1.79. The van der Waals surface area contributed by atoms with E-state index in [1.807, 2.05) is 38.9 Å². The molecule has 2 aromatic rings. The molecule has 0 saturated carbocycles. The maximum absolute atomic E-state index is 12.2. The number of ether oxygens (including phenoxy) is 2. The van der Waals surface area contributed by atoms with Crippen LogP contribution in [0.4, 0.5) is 5.69 Å². The standard InChI is InChI=1S/C21H23BN2O4/c1-5-24(6-2)21(25)14-26-20-12-16(23-4)7-10-19(20)28-17-8-9-18-15(11-17)13-27-22(18)3/h7-12H,5-6,13-14H2,1-3H3. The average molecular weight is 378 g/mol. The van der Waals surface area contributed by atoms with Gasteiger partial charge in [0.25, 0.3) is 5.91 Å². The summed E-state index contributed by atoms with van der Waals surface area (Å²) in [5.41, 5.74) is 2.69. The lowest BCUT2D eigenvalue weighted by atomic mass is 9.64. The molecule has 1 aliphatic rings. The third kappa shape index (κ3) is 4.29. The molecule has 6 nitrogen and oxygen atoms in total. The summed E-state index contributed by atoms with van der Waals surface area (Å²) in [6.07, 6.45) is 0. The van der Waals surface area contributed by atoms with Crippen LogP contribution in [0.3, 0.4) is 0 Å². The van der Waals surface area contributed by atoms with E-state index in [1.165, 1.54) is 0 Å². The van der Waals surface area contributed by atoms with E-state index >= 15 is 0 Å². The number of amides is 1. The Bertz CT molecular complexity index is 906. The number of fused-ring (bicyclic) bond motifs is 1. The highest BCUT2D eigenvalue weighted by Gasteiger charge is 2.23. The second kappa shape index (κ2) is 8.81. The van der Waals surface area contributed by atoms with Crippen molar-refractivity contribution >= 4 is 24.0 Å². The van der Waals surface area contributed by atoms with Crippen LogP contribution in [0.15, 0.2) is 36.4 Å². The van der Waals surface area contributed by atoms with Gasteiger partial charge in [-0.15, -0.1) is 0 Å². The number of benzene rings is 2. The van der Waals surface area contributed by atoms with E-state index in [0.29, 0.717) is 42.6 Å². The van der Waals surface area contributed by atoms with Gasteiger partial charge in [0.2, 0.25) is 0 Å². The molecule has 0 radical (unpaired) electrons. The van der Waals surface area contributed by atoms with Crippen molar-refractivity contribution in [2.45, 2.75) is 27.3 Å². The van der Waals surface area contributed by atoms with E-state index in [0.717, 1.165) is 11.0 Å². The molecule has 0 aromatic heterocycles. The Morgan fingerprint density at radius 2 is 2.00 bits per heavy atom. The smallest absolute Gasteiger partial charge is 0.324 e. The molecule has 0 spiro atoms. The maximum Gasteiger partial charge on any atom is 0.324 e. The van der Waals surface area contributed by atoms with Gasteiger partial charge >= 0.3 is 6.92 Å². The minimum absolute atomic E-state index is 0.0898. The van der Waals surface area contributed by atoms with Gasteiger partial charge in [-0.25, -0.2) is 4.85 Å². The molecule has 1 aliphatic heterocycles. The van der Waals surface area contributed by atoms with Crippen LogP contribution in [0, 0.1) is 6.57 Å². The average Bonchev–Trinajstić information content (AvgIpc) is 3.08. The first-order valence-electron chi connectivity index (χ1n) is 9.40. The lowest BCUT2D eigenvalue weighted by Crippen LogP contribution is -2.34. The van der Waals surface area contributed by atoms with E-state index in [4.69, 9.17) is 20.7 Å². The number of likely N-dealkylation sites (N-methyl/N-ethyl adjacent to an activating group) is 1. The van der Waals surface area contributed by atoms with E-state index in [1.54, 1.807) is 23.1 Å². The zero-order valence-electron chi connectivity index (χ0n) is 16.4. The fraction of sp³-hybridized carbons (Fsp3) is 0.333. The van der Waals surface area contributed by atoms with Crippen molar-refractivity contribution in [1.29, 1.82) is 0 Å². The largest absolute Gasteiger partial charge is 0.481 e. The van der Waals surface area contributed by atoms with Crippen molar-refractivity contribution in [3.05, 3.63) is 53.4 Å². The van der Waals surface area contributed by atoms with Crippen molar-refractivity contribution in [3.8, 4) is 17.2 Å². The molecule has 0 unspecified atom stereocenters. The quantitative estimate of drug-likeness (QED) is 0.545. The first-order chi connectivity index (χ1) is 13.5. The van der Waals surface area contributed by atoms with Crippen LogP contribution >= 0.6 is 0 Å². The van der Waals surface area contributed by atoms with Crippen molar-refractivity contribution in [2.75, 3.05) is 19.7 Å². The third-order valence-corrected chi connectivity index (χ3v) is 4.79. The SMILES string of the molecule is [C-]#[N+]c1ccc(Oc2ccc3c(c2)COB3C)c(OCC(=O)N(CC)CC)c1. The summed E-state index contributed by atoms with van der Waals surface area (Å²) in [4.78, 5) is 17.4. The second-order valence-electron chi connectivity index (χ2n) is 6.51. The second-order valence-corrected chi connectivity index (χ2v) is 6.51. The molecule has 3 rings (SSSR count). The van der Waals surface area contributed by atoms with Gasteiger partial charge in [-0.3, -0.25) is 4.79 Å². The molecule has 0 aliphatic carbocycles. The highest BCUT2D eigenvalue weighted by molar-refractivity contribution is 6.67. The Hall–Kier alpha value is -2.98. The van der Waals surface area contributed by atoms with Crippen LogP contribution < -0.4 is 14.9 Å². The Morgan fingerprint density at radius 3 is 2.71 bits per heavy atom. The molecule has 1 amide bonds. The topological polar surface area (TPSA) is 52.4 Å². The van der Waals surface area contributed by atoms with Gasteiger partial charge in [0.05, 0.1) is 13.2 Å². The molecule has 7 heteroatoms. The van der Waals surface area contributed by atoms with Crippen LogP contribution in [0.25, 0.3) is 4.85 Å². The summed E-state index contributed by atoms with van der Waals surface area (Å²) in [5.74, 6) is 1.39. The zero-order chi connectivity index (χ0) is 20.1. The van der Waals surface area contributed by atoms with Crippen LogP contribution in [-0.4, -0.2) is 37.4 Å². The summed E-state index contributed by atoms with van der Waals surface area (Å²) >= 11 is 0. The Labute approximate surface area is 165 Å². The van der Waals surface area contributed by atoms with Gasteiger partial charge in [-0.2, -0.15) is 0 Å².